The first-order valence-electron chi connectivity index (χ1n) is 12.6. The normalized spacial score (nSPS) is 16.7. The largest absolute Gasteiger partial charge is 0.453 e. The van der Waals surface area contributed by atoms with Crippen molar-refractivity contribution in [2.24, 2.45) is 7.05 Å². The van der Waals surface area contributed by atoms with Crippen molar-refractivity contribution in [3.05, 3.63) is 41.3 Å². The molecule has 0 radical (unpaired) electrons. The number of nitrogens with zero attached hydrogens (tertiary/aromatic N) is 8. The summed E-state index contributed by atoms with van der Waals surface area (Å²) in [5.41, 5.74) is 3.34. The zero-order valence-corrected chi connectivity index (χ0v) is 23.1. The van der Waals surface area contributed by atoms with Gasteiger partial charge in [-0.05, 0) is 20.0 Å². The average Bonchev–Trinajstić information content (AvgIpc) is 3.66. The Hall–Kier alpha value is -3.71. The number of likely N-dealkylation sites (tertiary alicyclic amines) is 1. The van der Waals surface area contributed by atoms with E-state index in [1.54, 1.807) is 23.2 Å². The molecule has 1 aliphatic rings. The van der Waals surface area contributed by atoms with Crippen LogP contribution in [0.15, 0.2) is 30.0 Å². The number of pyridine rings is 2. The highest BCUT2D eigenvalue weighted by Crippen LogP contribution is 2.39. The molecule has 0 amide bonds. The molecule has 1 atom stereocenters. The zero-order valence-electron chi connectivity index (χ0n) is 22.3. The number of aromatic nitrogens is 7. The Balaban J connectivity index is 1.36. The van der Waals surface area contributed by atoms with E-state index in [2.05, 4.69) is 62.7 Å². The third kappa shape index (κ3) is 4.69. The smallest absolute Gasteiger partial charge is 0.269 e. The van der Waals surface area contributed by atoms with Crippen LogP contribution in [0.1, 0.15) is 50.9 Å². The average molecular weight is 554 g/mol. The van der Waals surface area contributed by atoms with E-state index in [9.17, 15) is 8.78 Å². The summed E-state index contributed by atoms with van der Waals surface area (Å²) in [7, 11) is 3.78. The van der Waals surface area contributed by atoms with Gasteiger partial charge in [0.2, 0.25) is 5.95 Å². The second-order valence-electron chi connectivity index (χ2n) is 10.9. The minimum absolute atomic E-state index is 0.0620. The Bertz CT molecular complexity index is 1670. The molecule has 0 bridgehead atoms. The van der Waals surface area contributed by atoms with E-state index in [1.165, 1.54) is 23.7 Å². The van der Waals surface area contributed by atoms with Crippen LogP contribution in [0.2, 0.25) is 0 Å². The van der Waals surface area contributed by atoms with Crippen LogP contribution in [-0.2, 0) is 12.5 Å². The predicted molar refractivity (Wildman–Crippen MR) is 146 cm³/mol. The molecular weight excluding hydrogens is 524 g/mol. The molecule has 13 heteroatoms. The molecule has 6 rings (SSSR count). The van der Waals surface area contributed by atoms with Gasteiger partial charge in [-0.15, -0.1) is 11.3 Å². The first kappa shape index (κ1) is 25.6. The van der Waals surface area contributed by atoms with Gasteiger partial charge in [0, 0.05) is 36.8 Å². The maximum atomic E-state index is 14.5. The first-order chi connectivity index (χ1) is 18.6. The lowest BCUT2D eigenvalue weighted by atomic mass is 9.91. The standard InChI is InChI=1S/C26H29F2N9OS/c1-26(2,3)18-9-19(34-37(18)14-6-7-35(4)12-14)32-25-33-23-21(36(25)5)20(22(27)28)17(11-29-23)38-15-8-16-24(30-10-15)39-13-31-16/h8-11,13-14,22H,6-7,12H2,1-5H3,(H,29,32,33,34)/t14-/m0/s1. The van der Waals surface area contributed by atoms with Crippen molar-refractivity contribution < 1.29 is 13.5 Å². The number of aryl methyl sites for hydroxylation is 1. The van der Waals surface area contributed by atoms with Gasteiger partial charge in [0.1, 0.15) is 21.6 Å². The minimum atomic E-state index is -2.82. The number of rotatable bonds is 6. The molecular formula is C26H29F2N9OS. The van der Waals surface area contributed by atoms with E-state index < -0.39 is 6.43 Å². The van der Waals surface area contributed by atoms with Crippen LogP contribution in [0.3, 0.4) is 0 Å². The second-order valence-corrected chi connectivity index (χ2v) is 11.7. The third-order valence-electron chi connectivity index (χ3n) is 6.97. The number of nitrogens with one attached hydrogen (secondary N) is 1. The number of alkyl halides is 2. The number of fused-ring (bicyclic) bond motifs is 2. The van der Waals surface area contributed by atoms with Gasteiger partial charge in [-0.2, -0.15) is 10.1 Å². The van der Waals surface area contributed by atoms with Crippen LogP contribution in [0.4, 0.5) is 20.5 Å². The van der Waals surface area contributed by atoms with Gasteiger partial charge in [0.15, 0.2) is 17.2 Å². The quantitative estimate of drug-likeness (QED) is 0.281. The van der Waals surface area contributed by atoms with Gasteiger partial charge < -0.3 is 19.5 Å². The highest BCUT2D eigenvalue weighted by atomic mass is 32.1. The van der Waals surface area contributed by atoms with E-state index in [4.69, 9.17) is 9.84 Å². The summed E-state index contributed by atoms with van der Waals surface area (Å²) < 4.78 is 38.4. The monoisotopic (exact) mass is 553 g/mol. The fraction of sp³-hybridized carbons (Fsp3) is 0.423. The zero-order chi connectivity index (χ0) is 27.5. The van der Waals surface area contributed by atoms with Crippen LogP contribution in [0.25, 0.3) is 21.5 Å². The van der Waals surface area contributed by atoms with Crippen molar-refractivity contribution >= 4 is 44.6 Å². The molecule has 0 saturated carbocycles. The van der Waals surface area contributed by atoms with Crippen LogP contribution < -0.4 is 10.1 Å². The first-order valence-corrected chi connectivity index (χ1v) is 13.5. The number of anilines is 2. The Morgan fingerprint density at radius 2 is 1.95 bits per heavy atom. The fourth-order valence-electron chi connectivity index (χ4n) is 5.03. The predicted octanol–water partition coefficient (Wildman–Crippen LogP) is 5.82. The molecule has 1 fully saturated rings. The summed E-state index contributed by atoms with van der Waals surface area (Å²) in [6, 6.07) is 3.94. The Kier molecular flexibility index (Phi) is 6.22. The van der Waals surface area contributed by atoms with Crippen molar-refractivity contribution in [3.63, 3.8) is 0 Å². The van der Waals surface area contributed by atoms with Crippen molar-refractivity contribution in [2.75, 3.05) is 25.5 Å². The molecule has 5 aromatic heterocycles. The number of ether oxygens (including phenoxy) is 1. The van der Waals surface area contributed by atoms with Crippen LogP contribution in [0.5, 0.6) is 11.5 Å². The van der Waals surface area contributed by atoms with Crippen molar-refractivity contribution in [3.8, 4) is 11.5 Å². The lowest BCUT2D eigenvalue weighted by molar-refractivity contribution is 0.149. The molecule has 10 nitrogen and oxygen atoms in total. The summed E-state index contributed by atoms with van der Waals surface area (Å²) >= 11 is 1.39. The highest BCUT2D eigenvalue weighted by molar-refractivity contribution is 7.16. The van der Waals surface area contributed by atoms with Crippen molar-refractivity contribution in [1.29, 1.82) is 0 Å². The van der Waals surface area contributed by atoms with E-state index >= 15 is 0 Å². The minimum Gasteiger partial charge on any atom is -0.453 e. The second kappa shape index (κ2) is 9.49. The molecule has 1 N–H and O–H groups in total. The van der Waals surface area contributed by atoms with E-state index in [0.29, 0.717) is 23.0 Å². The summed E-state index contributed by atoms with van der Waals surface area (Å²) in [6.45, 7) is 8.40. The lowest BCUT2D eigenvalue weighted by Crippen LogP contribution is -2.24. The number of thiazole rings is 1. The van der Waals surface area contributed by atoms with Crippen molar-refractivity contribution in [1.82, 2.24) is 39.2 Å². The van der Waals surface area contributed by atoms with Crippen LogP contribution in [0, 0.1) is 0 Å². The van der Waals surface area contributed by atoms with Crippen LogP contribution in [-0.4, -0.2) is 59.3 Å². The van der Waals surface area contributed by atoms with Gasteiger partial charge in [-0.25, -0.2) is 23.7 Å². The molecule has 5 aromatic rings. The number of likely N-dealkylation sites (N-methyl/N-ethyl adjacent to an activating group) is 1. The van der Waals surface area contributed by atoms with E-state index in [0.717, 1.165) is 30.0 Å². The third-order valence-corrected chi connectivity index (χ3v) is 7.72. The highest BCUT2D eigenvalue weighted by Gasteiger charge is 2.30. The number of hydrogen-bond acceptors (Lipinski definition) is 9. The van der Waals surface area contributed by atoms with Crippen molar-refractivity contribution in [2.45, 2.75) is 45.1 Å². The fourth-order valence-corrected chi connectivity index (χ4v) is 5.64. The lowest BCUT2D eigenvalue weighted by Gasteiger charge is -2.23. The van der Waals surface area contributed by atoms with Gasteiger partial charge in [0.05, 0.1) is 29.5 Å². The SMILES string of the molecule is CN1CC[C@H](n2nc(Nc3nc4ncc(Oc5cnc6scnc6c5)c(C(F)F)c4n3C)cc2C(C)(C)C)C1. The maximum Gasteiger partial charge on any atom is 0.269 e. The van der Waals surface area contributed by atoms with Gasteiger partial charge in [-0.3, -0.25) is 4.68 Å². The number of halogens is 2. The topological polar surface area (TPSA) is 98.8 Å². The molecule has 204 valence electrons. The molecule has 1 saturated heterocycles. The molecule has 0 spiro atoms. The van der Waals surface area contributed by atoms with Crippen LogP contribution >= 0.6 is 11.3 Å². The van der Waals surface area contributed by atoms with E-state index in [1.807, 2.05) is 6.07 Å². The summed E-state index contributed by atoms with van der Waals surface area (Å²) in [5.74, 6) is 1.20. The Labute approximate surface area is 227 Å². The number of hydrogen-bond donors (Lipinski definition) is 1. The molecule has 0 unspecified atom stereocenters. The van der Waals surface area contributed by atoms with Gasteiger partial charge in [0.25, 0.3) is 6.43 Å². The molecule has 1 aliphatic heterocycles. The molecule has 0 aromatic carbocycles. The summed E-state index contributed by atoms with van der Waals surface area (Å²) in [5, 5.41) is 8.12. The summed E-state index contributed by atoms with van der Waals surface area (Å²) in [6.07, 6.45) is 0.953. The van der Waals surface area contributed by atoms with Gasteiger partial charge >= 0.3 is 0 Å². The van der Waals surface area contributed by atoms with E-state index in [-0.39, 0.29) is 33.9 Å². The Morgan fingerprint density at radius 3 is 2.67 bits per heavy atom. The summed E-state index contributed by atoms with van der Waals surface area (Å²) in [4.78, 5) is 20.4. The molecule has 6 heterocycles. The number of imidazole rings is 1. The van der Waals surface area contributed by atoms with Gasteiger partial charge in [-0.1, -0.05) is 20.8 Å². The molecule has 39 heavy (non-hydrogen) atoms. The Morgan fingerprint density at radius 1 is 1.13 bits per heavy atom. The maximum absolute atomic E-state index is 14.5. The molecule has 0 aliphatic carbocycles.